The van der Waals surface area contributed by atoms with Crippen molar-refractivity contribution in [2.75, 3.05) is 20.2 Å². The molecule has 1 amide bonds. The van der Waals surface area contributed by atoms with Crippen LogP contribution in [-0.4, -0.2) is 37.0 Å². The first-order valence-electron chi connectivity index (χ1n) is 5.24. The van der Waals surface area contributed by atoms with E-state index in [1.807, 2.05) is 6.07 Å². The van der Waals surface area contributed by atoms with Gasteiger partial charge < -0.3 is 9.64 Å². The van der Waals surface area contributed by atoms with Crippen LogP contribution in [0.2, 0.25) is 0 Å². The van der Waals surface area contributed by atoms with Crippen molar-refractivity contribution in [1.29, 1.82) is 5.26 Å². The van der Waals surface area contributed by atoms with Crippen LogP contribution in [0, 0.1) is 23.2 Å². The highest BCUT2D eigenvalue weighted by Gasteiger charge is 2.26. The second kappa shape index (κ2) is 6.83. The molecule has 0 saturated heterocycles. The summed E-state index contributed by atoms with van der Waals surface area (Å²) in [7, 11) is 1.49. The maximum atomic E-state index is 11.8. The molecular weight excluding hydrogens is 208 g/mol. The van der Waals surface area contributed by atoms with Gasteiger partial charge in [-0.25, -0.2) is 0 Å². The highest BCUT2D eigenvalue weighted by molar-refractivity contribution is 5.85. The van der Waals surface area contributed by atoms with E-state index in [0.717, 1.165) is 0 Å². The van der Waals surface area contributed by atoms with Crippen molar-refractivity contribution in [3.05, 3.63) is 0 Å². The third-order valence-corrected chi connectivity index (χ3v) is 2.12. The fourth-order valence-electron chi connectivity index (χ4n) is 1.21. The van der Waals surface area contributed by atoms with Gasteiger partial charge in [0.05, 0.1) is 12.7 Å². The molecule has 0 saturated carbocycles. The number of esters is 1. The van der Waals surface area contributed by atoms with Crippen LogP contribution in [0.15, 0.2) is 0 Å². The topological polar surface area (TPSA) is 70.4 Å². The Bertz CT molecular complexity index is 294. The largest absolute Gasteiger partial charge is 0.465 e. The summed E-state index contributed by atoms with van der Waals surface area (Å²) in [5.74, 6) is -1.58. The highest BCUT2D eigenvalue weighted by Crippen LogP contribution is 2.12. The van der Waals surface area contributed by atoms with Crippen LogP contribution in [0.3, 0.4) is 0 Å². The van der Waals surface area contributed by atoms with Crippen molar-refractivity contribution in [3.8, 4) is 6.07 Å². The Morgan fingerprint density at radius 2 is 2.00 bits per heavy atom. The van der Waals surface area contributed by atoms with Gasteiger partial charge in [0, 0.05) is 7.05 Å². The monoisotopic (exact) mass is 226 g/mol. The first kappa shape index (κ1) is 14.4. The summed E-state index contributed by atoms with van der Waals surface area (Å²) >= 11 is 0. The second-order valence-corrected chi connectivity index (χ2v) is 3.85. The molecule has 5 heteroatoms. The molecule has 0 aromatic rings. The molecule has 0 radical (unpaired) electrons. The highest BCUT2D eigenvalue weighted by atomic mass is 16.5. The molecule has 1 atom stereocenters. The molecule has 0 spiro atoms. The van der Waals surface area contributed by atoms with Crippen LogP contribution in [0.25, 0.3) is 0 Å². The predicted molar refractivity (Wildman–Crippen MR) is 58.2 cm³/mol. The molecule has 16 heavy (non-hydrogen) atoms. The lowest BCUT2D eigenvalue weighted by atomic mass is 9.96. The summed E-state index contributed by atoms with van der Waals surface area (Å²) in [5, 5.41) is 8.84. The zero-order valence-electron chi connectivity index (χ0n) is 10.2. The zero-order chi connectivity index (χ0) is 12.7. The van der Waals surface area contributed by atoms with E-state index in [0.29, 0.717) is 0 Å². The average Bonchev–Trinajstić information content (AvgIpc) is 2.18. The molecule has 0 fully saturated rings. The van der Waals surface area contributed by atoms with Crippen LogP contribution < -0.4 is 0 Å². The van der Waals surface area contributed by atoms with Gasteiger partial charge in [-0.2, -0.15) is 5.26 Å². The summed E-state index contributed by atoms with van der Waals surface area (Å²) in [6, 6.07) is 1.94. The quantitative estimate of drug-likeness (QED) is 0.650. The summed E-state index contributed by atoms with van der Waals surface area (Å²) in [6.07, 6.45) is 0. The minimum atomic E-state index is -0.709. The van der Waals surface area contributed by atoms with E-state index in [4.69, 9.17) is 10.00 Å². The Balaban J connectivity index is 4.38. The Kier molecular flexibility index (Phi) is 6.16. The first-order chi connectivity index (χ1) is 7.43. The fourth-order valence-corrected chi connectivity index (χ4v) is 1.21. The van der Waals surface area contributed by atoms with Crippen molar-refractivity contribution in [2.45, 2.75) is 20.8 Å². The summed E-state index contributed by atoms with van der Waals surface area (Å²) in [4.78, 5) is 24.1. The SMILES string of the molecule is CCOC(=O)CN(C)C(=O)C(C#N)C(C)C. The van der Waals surface area contributed by atoms with E-state index in [2.05, 4.69) is 0 Å². The number of carbonyl (C=O) groups is 2. The van der Waals surface area contributed by atoms with Gasteiger partial charge in [-0.15, -0.1) is 0 Å². The molecule has 0 aliphatic carbocycles. The lowest BCUT2D eigenvalue weighted by Crippen LogP contribution is -2.38. The first-order valence-corrected chi connectivity index (χ1v) is 5.24. The van der Waals surface area contributed by atoms with Gasteiger partial charge in [0.15, 0.2) is 0 Å². The van der Waals surface area contributed by atoms with Crippen molar-refractivity contribution in [3.63, 3.8) is 0 Å². The van der Waals surface area contributed by atoms with Gasteiger partial charge in [0.1, 0.15) is 12.5 Å². The molecule has 0 aromatic carbocycles. The third kappa shape index (κ3) is 4.30. The van der Waals surface area contributed by atoms with Crippen LogP contribution in [0.1, 0.15) is 20.8 Å². The molecule has 5 nitrogen and oxygen atoms in total. The molecular formula is C11H18N2O3. The fraction of sp³-hybridized carbons (Fsp3) is 0.727. The number of likely N-dealkylation sites (N-methyl/N-ethyl adjacent to an activating group) is 1. The maximum Gasteiger partial charge on any atom is 0.325 e. The summed E-state index contributed by atoms with van der Waals surface area (Å²) in [6.45, 7) is 5.46. The molecule has 90 valence electrons. The lowest BCUT2D eigenvalue weighted by molar-refractivity contribution is -0.149. The zero-order valence-corrected chi connectivity index (χ0v) is 10.2. The molecule has 0 rings (SSSR count). The van der Waals surface area contributed by atoms with Crippen molar-refractivity contribution in [2.24, 2.45) is 11.8 Å². The number of ether oxygens (including phenoxy) is 1. The second-order valence-electron chi connectivity index (χ2n) is 3.85. The standard InChI is InChI=1S/C11H18N2O3/c1-5-16-10(14)7-13(4)11(15)9(6-12)8(2)3/h8-9H,5,7H2,1-4H3. The molecule has 0 aromatic heterocycles. The number of hydrogen-bond acceptors (Lipinski definition) is 4. The van der Waals surface area contributed by atoms with E-state index in [1.54, 1.807) is 20.8 Å². The van der Waals surface area contributed by atoms with E-state index in [-0.39, 0.29) is 25.0 Å². The number of amides is 1. The number of nitrogens with zero attached hydrogens (tertiary/aromatic N) is 2. The number of hydrogen-bond donors (Lipinski definition) is 0. The van der Waals surface area contributed by atoms with E-state index >= 15 is 0 Å². The van der Waals surface area contributed by atoms with Gasteiger partial charge in [0.25, 0.3) is 0 Å². The molecule has 0 heterocycles. The van der Waals surface area contributed by atoms with Crippen LogP contribution in [0.5, 0.6) is 0 Å². The van der Waals surface area contributed by atoms with Crippen molar-refractivity contribution >= 4 is 11.9 Å². The van der Waals surface area contributed by atoms with Crippen molar-refractivity contribution in [1.82, 2.24) is 4.90 Å². The summed E-state index contributed by atoms with van der Waals surface area (Å²) in [5.41, 5.74) is 0. The van der Waals surface area contributed by atoms with Crippen LogP contribution >= 0.6 is 0 Å². The minimum Gasteiger partial charge on any atom is -0.465 e. The normalized spacial score (nSPS) is 11.8. The molecule has 0 aliphatic heterocycles. The minimum absolute atomic E-state index is 0.0675. The number of rotatable bonds is 5. The van der Waals surface area contributed by atoms with Crippen LogP contribution in [0.4, 0.5) is 0 Å². The van der Waals surface area contributed by atoms with Gasteiger partial charge >= 0.3 is 5.97 Å². The number of carbonyl (C=O) groups excluding carboxylic acids is 2. The van der Waals surface area contributed by atoms with Crippen molar-refractivity contribution < 1.29 is 14.3 Å². The van der Waals surface area contributed by atoms with Gasteiger partial charge in [-0.3, -0.25) is 9.59 Å². The van der Waals surface area contributed by atoms with E-state index in [1.165, 1.54) is 11.9 Å². The van der Waals surface area contributed by atoms with Gasteiger partial charge in [0.2, 0.25) is 5.91 Å². The maximum absolute atomic E-state index is 11.8. The Morgan fingerprint density at radius 1 is 1.44 bits per heavy atom. The van der Waals surface area contributed by atoms with E-state index < -0.39 is 11.9 Å². The van der Waals surface area contributed by atoms with Gasteiger partial charge in [-0.1, -0.05) is 13.8 Å². The molecule has 1 unspecified atom stereocenters. The molecule has 0 N–H and O–H groups in total. The lowest BCUT2D eigenvalue weighted by Gasteiger charge is -2.20. The van der Waals surface area contributed by atoms with Gasteiger partial charge in [-0.05, 0) is 12.8 Å². The van der Waals surface area contributed by atoms with Crippen LogP contribution in [-0.2, 0) is 14.3 Å². The number of nitriles is 1. The average molecular weight is 226 g/mol. The Labute approximate surface area is 96.0 Å². The molecule has 0 aliphatic rings. The third-order valence-electron chi connectivity index (χ3n) is 2.12. The Morgan fingerprint density at radius 3 is 2.38 bits per heavy atom. The Hall–Kier alpha value is -1.57. The molecule has 0 bridgehead atoms. The summed E-state index contributed by atoms with van der Waals surface area (Å²) < 4.78 is 4.72. The smallest absolute Gasteiger partial charge is 0.325 e. The van der Waals surface area contributed by atoms with E-state index in [9.17, 15) is 9.59 Å². The predicted octanol–water partition coefficient (Wildman–Crippen LogP) is 0.804.